The molecule has 0 aliphatic carbocycles. The van der Waals surface area contributed by atoms with Crippen LogP contribution >= 0.6 is 0 Å². The zero-order valence-electron chi connectivity index (χ0n) is 21.5. The van der Waals surface area contributed by atoms with E-state index >= 15 is 0 Å². The SMILES string of the molecule is CCCCCCCCCCCCCCCCCCC/C=C/[N+](CC(=O)[O-])(CC(=O)O)CC(=O)O. The van der Waals surface area contributed by atoms with Gasteiger partial charge in [0, 0.05) is 0 Å². The van der Waals surface area contributed by atoms with Crippen molar-refractivity contribution in [2.45, 2.75) is 122 Å². The number of nitrogens with zero attached hydrogens (tertiary/aromatic N) is 1. The van der Waals surface area contributed by atoms with E-state index in [4.69, 9.17) is 10.2 Å². The van der Waals surface area contributed by atoms with Crippen molar-refractivity contribution in [2.24, 2.45) is 0 Å². The Morgan fingerprint density at radius 1 is 0.618 bits per heavy atom. The molecule has 0 rings (SSSR count). The van der Waals surface area contributed by atoms with Crippen molar-refractivity contribution in [3.8, 4) is 0 Å². The highest BCUT2D eigenvalue weighted by Gasteiger charge is 2.31. The molecule has 0 aliphatic heterocycles. The molecular weight excluding hydrogens is 434 g/mol. The molecule has 0 fully saturated rings. The van der Waals surface area contributed by atoms with Gasteiger partial charge in [-0.15, -0.1) is 0 Å². The number of allylic oxidation sites excluding steroid dienone is 1. The second-order valence-corrected chi connectivity index (χ2v) is 9.68. The zero-order chi connectivity index (χ0) is 25.5. The molecule has 0 bridgehead atoms. The highest BCUT2D eigenvalue weighted by molar-refractivity contribution is 5.72. The summed E-state index contributed by atoms with van der Waals surface area (Å²) < 4.78 is -0.675. The maximum atomic E-state index is 11.1. The Bertz CT molecular complexity index is 535. The molecule has 0 saturated heterocycles. The lowest BCUT2D eigenvalue weighted by Gasteiger charge is -2.32. The molecule has 0 atom stereocenters. The first-order valence-electron chi connectivity index (χ1n) is 13.5. The lowest BCUT2D eigenvalue weighted by atomic mass is 10.0. The average molecular weight is 484 g/mol. The van der Waals surface area contributed by atoms with Crippen LogP contribution in [-0.4, -0.2) is 52.2 Å². The van der Waals surface area contributed by atoms with E-state index in [0.717, 1.165) is 19.3 Å². The van der Waals surface area contributed by atoms with Crippen LogP contribution in [0, 0.1) is 0 Å². The minimum atomic E-state index is -1.47. The summed E-state index contributed by atoms with van der Waals surface area (Å²) >= 11 is 0. The van der Waals surface area contributed by atoms with Crippen LogP contribution in [0.1, 0.15) is 122 Å². The summed E-state index contributed by atoms with van der Waals surface area (Å²) in [5, 5.41) is 29.2. The third-order valence-corrected chi connectivity index (χ3v) is 6.24. The van der Waals surface area contributed by atoms with Gasteiger partial charge in [0.1, 0.15) is 6.54 Å². The fourth-order valence-electron chi connectivity index (χ4n) is 4.41. The Morgan fingerprint density at radius 2 is 0.971 bits per heavy atom. The van der Waals surface area contributed by atoms with Crippen LogP contribution in [0.25, 0.3) is 0 Å². The average Bonchev–Trinajstić information content (AvgIpc) is 2.73. The summed E-state index contributed by atoms with van der Waals surface area (Å²) in [5.41, 5.74) is 0. The van der Waals surface area contributed by atoms with Crippen molar-refractivity contribution in [3.63, 3.8) is 0 Å². The molecule has 0 aromatic heterocycles. The smallest absolute Gasteiger partial charge is 0.359 e. The molecule has 7 nitrogen and oxygen atoms in total. The molecule has 0 aromatic rings. The number of carboxylic acid groups (broad SMARTS) is 3. The molecular formula is C27H49NO6. The number of carbonyl (C=O) groups excluding carboxylic acids is 1. The number of carboxylic acids is 3. The van der Waals surface area contributed by atoms with Crippen LogP contribution < -0.4 is 5.11 Å². The second kappa shape index (κ2) is 21.6. The minimum absolute atomic E-state index is 0.601. The van der Waals surface area contributed by atoms with Gasteiger partial charge in [-0.25, -0.2) is 9.59 Å². The lowest BCUT2D eigenvalue weighted by molar-refractivity contribution is -0.859. The van der Waals surface area contributed by atoms with Crippen LogP contribution in [0.2, 0.25) is 0 Å². The number of carbonyl (C=O) groups is 3. The zero-order valence-corrected chi connectivity index (χ0v) is 21.5. The van der Waals surface area contributed by atoms with Crippen molar-refractivity contribution < 1.29 is 34.2 Å². The summed E-state index contributed by atoms with van der Waals surface area (Å²) in [6.45, 7) is 0.382. The van der Waals surface area contributed by atoms with Gasteiger partial charge in [-0.2, -0.15) is 0 Å². The molecule has 2 N–H and O–H groups in total. The van der Waals surface area contributed by atoms with Crippen molar-refractivity contribution in [2.75, 3.05) is 19.6 Å². The quantitative estimate of drug-likeness (QED) is 0.135. The van der Waals surface area contributed by atoms with Gasteiger partial charge in [0.25, 0.3) is 0 Å². The van der Waals surface area contributed by atoms with E-state index in [2.05, 4.69) is 6.92 Å². The molecule has 0 aromatic carbocycles. The molecule has 0 spiro atoms. The number of quaternary nitrogens is 1. The number of hydrogen-bond donors (Lipinski definition) is 2. The van der Waals surface area contributed by atoms with Gasteiger partial charge in [-0.1, -0.05) is 110 Å². The van der Waals surface area contributed by atoms with Crippen molar-refractivity contribution in [3.05, 3.63) is 12.3 Å². The van der Waals surface area contributed by atoms with Gasteiger partial charge in [0.05, 0.1) is 12.2 Å². The minimum Gasteiger partial charge on any atom is -0.544 e. The van der Waals surface area contributed by atoms with Gasteiger partial charge >= 0.3 is 11.9 Å². The molecule has 0 amide bonds. The number of unbranched alkanes of at least 4 members (excludes halogenated alkanes) is 17. The van der Waals surface area contributed by atoms with E-state index in [1.54, 1.807) is 6.08 Å². The predicted octanol–water partition coefficient (Wildman–Crippen LogP) is 5.28. The summed E-state index contributed by atoms with van der Waals surface area (Å²) in [6.07, 6.45) is 25.8. The Morgan fingerprint density at radius 3 is 1.29 bits per heavy atom. The third kappa shape index (κ3) is 20.7. The van der Waals surface area contributed by atoms with Gasteiger partial charge in [0.15, 0.2) is 13.1 Å². The maximum absolute atomic E-state index is 11.1. The van der Waals surface area contributed by atoms with Crippen LogP contribution in [0.4, 0.5) is 0 Å². The molecule has 198 valence electrons. The van der Waals surface area contributed by atoms with Gasteiger partial charge in [-0.05, 0) is 18.9 Å². The van der Waals surface area contributed by atoms with E-state index in [-0.39, 0.29) is 0 Å². The number of aliphatic carboxylic acids is 3. The molecule has 0 saturated carbocycles. The molecule has 0 radical (unpaired) electrons. The van der Waals surface area contributed by atoms with Gasteiger partial charge in [0.2, 0.25) is 0 Å². The van der Waals surface area contributed by atoms with Crippen LogP contribution in [0.15, 0.2) is 12.3 Å². The van der Waals surface area contributed by atoms with E-state index in [9.17, 15) is 19.5 Å². The summed E-state index contributed by atoms with van der Waals surface area (Å²) in [4.78, 5) is 33.3. The third-order valence-electron chi connectivity index (χ3n) is 6.24. The van der Waals surface area contributed by atoms with E-state index in [0.29, 0.717) is 6.42 Å². The fourth-order valence-corrected chi connectivity index (χ4v) is 4.41. The van der Waals surface area contributed by atoms with Crippen molar-refractivity contribution >= 4 is 17.9 Å². The highest BCUT2D eigenvalue weighted by Crippen LogP contribution is 2.15. The summed E-state index contributed by atoms with van der Waals surface area (Å²) in [6, 6.07) is 0. The van der Waals surface area contributed by atoms with Crippen LogP contribution in [0.3, 0.4) is 0 Å². The first-order chi connectivity index (χ1) is 16.3. The molecule has 0 heterocycles. The standard InChI is InChI=1S/C27H49NO6/c1-2-3-4-5-6-7-8-9-10-11-12-13-14-15-16-17-18-19-20-21-28(22-25(29)30,23-26(31)32)24-27(33)34/h20-21H,2-19,22-24H2,1H3,(H2-,29,30,31,32,33,34)/b21-20+. The Hall–Kier alpha value is -1.89. The fraction of sp³-hybridized carbons (Fsp3) is 0.815. The predicted molar refractivity (Wildman–Crippen MR) is 133 cm³/mol. The van der Waals surface area contributed by atoms with Crippen molar-refractivity contribution in [1.82, 2.24) is 0 Å². The molecule has 7 heteroatoms. The van der Waals surface area contributed by atoms with Gasteiger partial charge in [-0.3, -0.25) is 4.48 Å². The molecule has 34 heavy (non-hydrogen) atoms. The first-order valence-corrected chi connectivity index (χ1v) is 13.5. The van der Waals surface area contributed by atoms with Crippen LogP contribution in [-0.2, 0) is 14.4 Å². The maximum Gasteiger partial charge on any atom is 0.359 e. The van der Waals surface area contributed by atoms with Crippen molar-refractivity contribution in [1.29, 1.82) is 0 Å². The first kappa shape index (κ1) is 32.1. The molecule has 0 aliphatic rings. The second-order valence-electron chi connectivity index (χ2n) is 9.68. The largest absolute Gasteiger partial charge is 0.544 e. The van der Waals surface area contributed by atoms with E-state index < -0.39 is 42.0 Å². The Kier molecular flexibility index (Phi) is 20.4. The van der Waals surface area contributed by atoms with E-state index in [1.165, 1.54) is 96.1 Å². The highest BCUT2D eigenvalue weighted by atomic mass is 16.4. The molecule has 0 unspecified atom stereocenters. The Labute approximate surface area is 206 Å². The van der Waals surface area contributed by atoms with Crippen LogP contribution in [0.5, 0.6) is 0 Å². The summed E-state index contributed by atoms with van der Waals surface area (Å²) in [7, 11) is 0. The number of rotatable bonds is 25. The van der Waals surface area contributed by atoms with Gasteiger partial charge < -0.3 is 20.1 Å². The van der Waals surface area contributed by atoms with E-state index in [1.807, 2.05) is 0 Å². The normalized spacial score (nSPS) is 11.8. The topological polar surface area (TPSA) is 115 Å². The lowest BCUT2D eigenvalue weighted by Crippen LogP contribution is -2.55. The monoisotopic (exact) mass is 483 g/mol. The summed E-state index contributed by atoms with van der Waals surface area (Å²) in [5.74, 6) is -3.96. The Balaban J connectivity index is 3.80. The number of hydrogen-bond acceptors (Lipinski definition) is 4.